The first-order valence-corrected chi connectivity index (χ1v) is 8.67. The Labute approximate surface area is 154 Å². The van der Waals surface area contributed by atoms with E-state index in [1.54, 1.807) is 31.2 Å². The van der Waals surface area contributed by atoms with Crippen LogP contribution in [0.3, 0.4) is 0 Å². The lowest BCUT2D eigenvalue weighted by atomic mass is 10.0. The highest BCUT2D eigenvalue weighted by atomic mass is 35.5. The van der Waals surface area contributed by atoms with Crippen LogP contribution in [-0.4, -0.2) is 11.6 Å². The fraction of sp³-hybridized carbons (Fsp3) is 0.250. The molecular weight excluding hydrogens is 357 g/mol. The van der Waals surface area contributed by atoms with E-state index in [1.807, 2.05) is 11.8 Å². The van der Waals surface area contributed by atoms with Crippen LogP contribution in [-0.2, 0) is 13.1 Å². The Morgan fingerprint density at radius 1 is 1.23 bits per heavy atom. The molecule has 0 fully saturated rings. The minimum Gasteiger partial charge on any atom is -0.476 e. The summed E-state index contributed by atoms with van der Waals surface area (Å²) in [6.45, 7) is 4.72. The Balaban J connectivity index is 1.79. The van der Waals surface area contributed by atoms with E-state index in [0.717, 1.165) is 16.5 Å². The van der Waals surface area contributed by atoms with Gasteiger partial charge in [-0.05, 0) is 31.5 Å². The van der Waals surface area contributed by atoms with Crippen molar-refractivity contribution in [3.63, 3.8) is 0 Å². The number of benzene rings is 2. The molecule has 0 saturated heterocycles. The van der Waals surface area contributed by atoms with Gasteiger partial charge in [0.2, 0.25) is 0 Å². The van der Waals surface area contributed by atoms with Gasteiger partial charge in [-0.3, -0.25) is 4.90 Å². The van der Waals surface area contributed by atoms with E-state index in [0.29, 0.717) is 40.6 Å². The minimum atomic E-state index is -0.370. The van der Waals surface area contributed by atoms with Crippen LogP contribution in [0.15, 0.2) is 39.5 Å². The smallest absolute Gasteiger partial charge is 0.339 e. The number of hydrogen-bond donors (Lipinski definition) is 0. The maximum Gasteiger partial charge on any atom is 0.339 e. The van der Waals surface area contributed by atoms with E-state index in [1.165, 1.54) is 6.07 Å². The van der Waals surface area contributed by atoms with Crippen LogP contribution in [0.25, 0.3) is 11.0 Å². The van der Waals surface area contributed by atoms with E-state index in [9.17, 15) is 9.18 Å². The molecule has 0 atom stereocenters. The summed E-state index contributed by atoms with van der Waals surface area (Å²) in [5.41, 5.74) is 2.82. The summed E-state index contributed by atoms with van der Waals surface area (Å²) < 4.78 is 25.3. The number of halogens is 2. The van der Waals surface area contributed by atoms with Gasteiger partial charge in [0, 0.05) is 29.6 Å². The highest BCUT2D eigenvalue weighted by Gasteiger charge is 2.26. The molecule has 2 aromatic carbocycles. The molecule has 2 heterocycles. The zero-order valence-electron chi connectivity index (χ0n) is 14.4. The molecule has 6 heteroatoms. The van der Waals surface area contributed by atoms with Gasteiger partial charge in [-0.15, -0.1) is 0 Å². The molecule has 4 rings (SSSR count). The quantitative estimate of drug-likeness (QED) is 0.618. The summed E-state index contributed by atoms with van der Waals surface area (Å²) in [4.78, 5) is 14.1. The lowest BCUT2D eigenvalue weighted by Gasteiger charge is -2.30. The maximum absolute atomic E-state index is 14.0. The number of aryl methyl sites for hydroxylation is 1. The van der Waals surface area contributed by atoms with Crippen LogP contribution in [0.2, 0.25) is 5.02 Å². The Hall–Kier alpha value is -2.37. The second kappa shape index (κ2) is 6.41. The third-order valence-corrected chi connectivity index (χ3v) is 5.15. The topological polar surface area (TPSA) is 42.7 Å². The van der Waals surface area contributed by atoms with Crippen LogP contribution in [0.1, 0.15) is 22.3 Å². The maximum atomic E-state index is 14.0. The minimum absolute atomic E-state index is 0.257. The molecule has 0 aliphatic carbocycles. The van der Waals surface area contributed by atoms with Crippen molar-refractivity contribution in [1.82, 2.24) is 4.90 Å². The number of rotatable bonds is 2. The highest BCUT2D eigenvalue weighted by molar-refractivity contribution is 6.33. The van der Waals surface area contributed by atoms with Gasteiger partial charge in [-0.2, -0.15) is 0 Å². The molecular formula is C20H17ClFNO3. The van der Waals surface area contributed by atoms with Crippen LogP contribution in [0, 0.1) is 19.7 Å². The molecule has 0 amide bonds. The SMILES string of the molecule is Cc1c(C)c2cc(Cl)c3c(c2oc1=O)CN(Cc1ccccc1F)CO3. The van der Waals surface area contributed by atoms with Crippen molar-refractivity contribution in [3.05, 3.63) is 73.8 Å². The molecule has 4 nitrogen and oxygen atoms in total. The predicted molar refractivity (Wildman–Crippen MR) is 98.1 cm³/mol. The van der Waals surface area contributed by atoms with E-state index in [2.05, 4.69) is 0 Å². The lowest BCUT2D eigenvalue weighted by Crippen LogP contribution is -2.32. The zero-order valence-corrected chi connectivity index (χ0v) is 15.2. The highest BCUT2D eigenvalue weighted by Crippen LogP contribution is 2.39. The molecule has 0 bridgehead atoms. The van der Waals surface area contributed by atoms with Crippen LogP contribution >= 0.6 is 11.6 Å². The van der Waals surface area contributed by atoms with Gasteiger partial charge in [0.1, 0.15) is 23.9 Å². The monoisotopic (exact) mass is 373 g/mol. The average molecular weight is 374 g/mol. The van der Waals surface area contributed by atoms with E-state index >= 15 is 0 Å². The van der Waals surface area contributed by atoms with E-state index in [-0.39, 0.29) is 18.2 Å². The summed E-state index contributed by atoms with van der Waals surface area (Å²) in [5.74, 6) is 0.266. The Bertz CT molecular complexity index is 1080. The second-order valence-electron chi connectivity index (χ2n) is 6.53. The number of nitrogens with zero attached hydrogens (tertiary/aromatic N) is 1. The van der Waals surface area contributed by atoms with Gasteiger partial charge >= 0.3 is 5.63 Å². The third-order valence-electron chi connectivity index (χ3n) is 4.87. The average Bonchev–Trinajstić information content (AvgIpc) is 2.63. The Kier molecular flexibility index (Phi) is 4.21. The Morgan fingerprint density at radius 2 is 2.00 bits per heavy atom. The number of hydrogen-bond acceptors (Lipinski definition) is 4. The molecule has 26 heavy (non-hydrogen) atoms. The van der Waals surface area contributed by atoms with Crippen LogP contribution in [0.4, 0.5) is 4.39 Å². The van der Waals surface area contributed by atoms with E-state index < -0.39 is 0 Å². The molecule has 0 saturated carbocycles. The Morgan fingerprint density at radius 3 is 2.77 bits per heavy atom. The van der Waals surface area contributed by atoms with Gasteiger partial charge in [0.25, 0.3) is 0 Å². The molecule has 1 aliphatic heterocycles. The first-order chi connectivity index (χ1) is 12.5. The molecule has 0 spiro atoms. The fourth-order valence-corrected chi connectivity index (χ4v) is 3.56. The van der Waals surface area contributed by atoms with Crippen molar-refractivity contribution in [3.8, 4) is 5.75 Å². The molecule has 0 radical (unpaired) electrons. The molecule has 0 N–H and O–H groups in total. The normalized spacial score (nSPS) is 14.3. The molecule has 1 aromatic heterocycles. The summed E-state index contributed by atoms with van der Waals surface area (Å²) >= 11 is 6.40. The van der Waals surface area contributed by atoms with Crippen LogP contribution < -0.4 is 10.4 Å². The van der Waals surface area contributed by atoms with Crippen molar-refractivity contribution in [2.24, 2.45) is 0 Å². The summed E-state index contributed by atoms with van der Waals surface area (Å²) in [6, 6.07) is 8.41. The third kappa shape index (κ3) is 2.77. The van der Waals surface area contributed by atoms with Gasteiger partial charge in [0.05, 0.1) is 10.6 Å². The summed E-state index contributed by atoms with van der Waals surface area (Å²) in [5, 5.41) is 1.27. The van der Waals surface area contributed by atoms with Gasteiger partial charge < -0.3 is 9.15 Å². The lowest BCUT2D eigenvalue weighted by molar-refractivity contribution is 0.0880. The number of fused-ring (bicyclic) bond motifs is 3. The molecule has 3 aromatic rings. The van der Waals surface area contributed by atoms with Crippen molar-refractivity contribution in [1.29, 1.82) is 0 Å². The number of ether oxygens (including phenoxy) is 1. The molecule has 1 aliphatic rings. The van der Waals surface area contributed by atoms with Crippen molar-refractivity contribution < 1.29 is 13.5 Å². The standard InChI is InChI=1S/C20H17ClFNO3/c1-11-12(2)20(24)26-18-14(11)7-16(21)19-15(18)9-23(10-25-19)8-13-5-3-4-6-17(13)22/h3-7H,8-10H2,1-2H3. The second-order valence-corrected chi connectivity index (χ2v) is 6.94. The van der Waals surface area contributed by atoms with Crippen molar-refractivity contribution in [2.75, 3.05) is 6.73 Å². The predicted octanol–water partition coefficient (Wildman–Crippen LogP) is 4.55. The first-order valence-electron chi connectivity index (χ1n) is 8.29. The molecule has 134 valence electrons. The van der Waals surface area contributed by atoms with Gasteiger partial charge in [-0.25, -0.2) is 9.18 Å². The van der Waals surface area contributed by atoms with Crippen molar-refractivity contribution in [2.45, 2.75) is 26.9 Å². The summed E-state index contributed by atoms with van der Waals surface area (Å²) in [6.07, 6.45) is 0. The van der Waals surface area contributed by atoms with Crippen LogP contribution in [0.5, 0.6) is 5.75 Å². The zero-order chi connectivity index (χ0) is 18.4. The van der Waals surface area contributed by atoms with Gasteiger partial charge in [-0.1, -0.05) is 29.8 Å². The first kappa shape index (κ1) is 17.1. The fourth-order valence-electron chi connectivity index (χ4n) is 3.28. The van der Waals surface area contributed by atoms with E-state index in [4.69, 9.17) is 20.8 Å². The largest absolute Gasteiger partial charge is 0.476 e. The van der Waals surface area contributed by atoms with Crippen molar-refractivity contribution >= 4 is 22.6 Å². The molecule has 0 unspecified atom stereocenters. The van der Waals surface area contributed by atoms with Gasteiger partial charge in [0.15, 0.2) is 0 Å². The summed E-state index contributed by atoms with van der Waals surface area (Å²) in [7, 11) is 0.